The van der Waals surface area contributed by atoms with Crippen molar-refractivity contribution in [3.63, 3.8) is 0 Å². The first-order chi connectivity index (χ1) is 19.1. The van der Waals surface area contributed by atoms with Gasteiger partial charge in [-0.2, -0.15) is 9.78 Å². The Morgan fingerprint density at radius 3 is 1.17 bits per heavy atom. The van der Waals surface area contributed by atoms with Crippen molar-refractivity contribution in [2.45, 2.75) is 135 Å². The summed E-state index contributed by atoms with van der Waals surface area (Å²) in [5, 5.41) is 0. The first-order valence-corrected chi connectivity index (χ1v) is 14.4. The van der Waals surface area contributed by atoms with E-state index >= 15 is 0 Å². The van der Waals surface area contributed by atoms with Crippen LogP contribution in [0.4, 0.5) is 4.79 Å². The molecule has 0 aliphatic heterocycles. The molecule has 0 saturated carbocycles. The summed E-state index contributed by atoms with van der Waals surface area (Å²) in [6.45, 7) is 26.6. The average molecular weight is 603 g/mol. The molecule has 11 nitrogen and oxygen atoms in total. The van der Waals surface area contributed by atoms with Gasteiger partial charge in [0, 0.05) is 12.2 Å². The summed E-state index contributed by atoms with van der Waals surface area (Å²) in [5.74, 6) is -1.40. The van der Waals surface area contributed by atoms with E-state index in [2.05, 4.69) is 41.5 Å². The Labute approximate surface area is 252 Å². The summed E-state index contributed by atoms with van der Waals surface area (Å²) in [4.78, 5) is 55.5. The number of rotatable bonds is 18. The van der Waals surface area contributed by atoms with Crippen molar-refractivity contribution >= 4 is 18.1 Å². The number of allylic oxidation sites excluding steroid dienone is 2. The van der Waals surface area contributed by atoms with Crippen LogP contribution >= 0.6 is 0 Å². The lowest BCUT2D eigenvalue weighted by molar-refractivity contribution is -0.368. The fraction of sp³-hybridized carbons (Fsp3) is 0.774. The molecule has 0 saturated heterocycles. The minimum absolute atomic E-state index is 0.0243. The third-order valence-electron chi connectivity index (χ3n) is 8.35. The minimum atomic E-state index is -1.11. The summed E-state index contributed by atoms with van der Waals surface area (Å²) >= 11 is 0. The molecule has 0 aromatic rings. The molecule has 0 aromatic carbocycles. The summed E-state index contributed by atoms with van der Waals surface area (Å²) in [6, 6.07) is 0. The van der Waals surface area contributed by atoms with Crippen LogP contribution in [0, 0.1) is 21.7 Å². The summed E-state index contributed by atoms with van der Waals surface area (Å²) in [6.07, 6.45) is 2.62. The third kappa shape index (κ3) is 14.1. The Hall–Kier alpha value is -2.47. The molecule has 244 valence electrons. The maximum absolute atomic E-state index is 12.1. The van der Waals surface area contributed by atoms with Crippen LogP contribution < -0.4 is 0 Å². The predicted octanol–water partition coefficient (Wildman–Crippen LogP) is 7.54. The zero-order valence-corrected chi connectivity index (χ0v) is 28.0. The summed E-state index contributed by atoms with van der Waals surface area (Å²) in [5.41, 5.74) is -0.546. The Morgan fingerprint density at radius 1 is 0.571 bits per heavy atom. The summed E-state index contributed by atoms with van der Waals surface area (Å²) < 4.78 is 20.6. The number of hydrogen-bond acceptors (Lipinski definition) is 11. The van der Waals surface area contributed by atoms with E-state index in [0.29, 0.717) is 0 Å². The van der Waals surface area contributed by atoms with E-state index in [0.717, 1.165) is 12.8 Å². The second-order valence-corrected chi connectivity index (χ2v) is 12.6. The van der Waals surface area contributed by atoms with E-state index in [-0.39, 0.29) is 21.7 Å². The number of hydrogen-bond donors (Lipinski definition) is 0. The van der Waals surface area contributed by atoms with Gasteiger partial charge in [0.2, 0.25) is 25.2 Å². The second kappa shape index (κ2) is 17.0. The normalized spacial score (nSPS) is 16.1. The van der Waals surface area contributed by atoms with E-state index in [1.165, 1.54) is 39.8 Å². The van der Waals surface area contributed by atoms with Gasteiger partial charge in [-0.15, -0.1) is 0 Å². The predicted molar refractivity (Wildman–Crippen MR) is 156 cm³/mol. The van der Waals surface area contributed by atoms with Gasteiger partial charge in [-0.3, -0.25) is 9.78 Å². The molecule has 0 aromatic heterocycles. The zero-order chi connectivity index (χ0) is 32.9. The van der Waals surface area contributed by atoms with Crippen molar-refractivity contribution in [2.24, 2.45) is 21.7 Å². The quantitative estimate of drug-likeness (QED) is 0.0507. The molecule has 0 bridgehead atoms. The highest BCUT2D eigenvalue weighted by molar-refractivity contribution is 5.81. The molecule has 4 atom stereocenters. The highest BCUT2D eigenvalue weighted by Gasteiger charge is 2.34. The molecule has 0 radical (unpaired) electrons. The van der Waals surface area contributed by atoms with Gasteiger partial charge in [0.1, 0.15) is 0 Å². The van der Waals surface area contributed by atoms with Crippen LogP contribution in [0.5, 0.6) is 0 Å². The van der Waals surface area contributed by atoms with Crippen LogP contribution in [0.15, 0.2) is 24.3 Å². The third-order valence-corrected chi connectivity index (χ3v) is 8.35. The van der Waals surface area contributed by atoms with Crippen LogP contribution in [0.3, 0.4) is 0 Å². The maximum Gasteiger partial charge on any atom is 0.512 e. The van der Waals surface area contributed by atoms with Crippen molar-refractivity contribution in [3.8, 4) is 0 Å². The first-order valence-electron chi connectivity index (χ1n) is 14.4. The van der Waals surface area contributed by atoms with Crippen molar-refractivity contribution in [1.82, 2.24) is 0 Å². The van der Waals surface area contributed by atoms with Gasteiger partial charge in [-0.05, 0) is 49.4 Å². The number of ether oxygens (including phenoxy) is 4. The topological polar surface area (TPSA) is 125 Å². The van der Waals surface area contributed by atoms with Gasteiger partial charge in [0.25, 0.3) is 0 Å². The fourth-order valence-corrected chi connectivity index (χ4v) is 3.14. The van der Waals surface area contributed by atoms with Crippen LogP contribution in [-0.2, 0) is 48.1 Å². The van der Waals surface area contributed by atoms with Gasteiger partial charge in [-0.25, -0.2) is 14.4 Å². The van der Waals surface area contributed by atoms with Gasteiger partial charge in [0.15, 0.2) is 0 Å². The minimum Gasteiger partial charge on any atom is -0.405 e. The van der Waals surface area contributed by atoms with E-state index in [9.17, 15) is 14.4 Å². The lowest BCUT2D eigenvalue weighted by Gasteiger charge is -2.38. The first kappa shape index (κ1) is 39.5. The lowest BCUT2D eigenvalue weighted by atomic mass is 9.66. The van der Waals surface area contributed by atoms with E-state index < -0.39 is 43.3 Å². The van der Waals surface area contributed by atoms with Crippen molar-refractivity contribution < 1.29 is 52.9 Å². The van der Waals surface area contributed by atoms with Crippen LogP contribution in [0.25, 0.3) is 0 Å². The second-order valence-electron chi connectivity index (χ2n) is 12.6. The molecule has 0 fully saturated rings. The molecule has 0 heterocycles. The molecular formula is C31H54O11. The molecule has 0 N–H and O–H groups in total. The molecule has 42 heavy (non-hydrogen) atoms. The molecular weight excluding hydrogens is 548 g/mol. The number of carbonyl (C=O) groups excluding carboxylic acids is 3. The highest BCUT2D eigenvalue weighted by atomic mass is 17.2. The lowest BCUT2D eigenvalue weighted by Crippen LogP contribution is -2.30. The van der Waals surface area contributed by atoms with Crippen molar-refractivity contribution in [1.29, 1.82) is 0 Å². The summed E-state index contributed by atoms with van der Waals surface area (Å²) in [7, 11) is 0. The fourth-order valence-electron chi connectivity index (χ4n) is 3.14. The zero-order valence-electron chi connectivity index (χ0n) is 28.0. The van der Waals surface area contributed by atoms with Gasteiger partial charge in [0.05, 0.1) is 0 Å². The highest BCUT2D eigenvalue weighted by Crippen LogP contribution is 2.43. The smallest absolute Gasteiger partial charge is 0.405 e. The van der Waals surface area contributed by atoms with Crippen LogP contribution in [0.1, 0.15) is 110 Å². The average Bonchev–Trinajstić information content (AvgIpc) is 2.87. The van der Waals surface area contributed by atoms with E-state index in [1.54, 1.807) is 12.2 Å². The van der Waals surface area contributed by atoms with Crippen LogP contribution in [0.2, 0.25) is 0 Å². The SMILES string of the molecule is CCC(C)(C)C(C)(C)/C=C/C(=O)OOC(C)OC(C)OC(=O)OC(C)OC(C)OOC(=O)/C=C/C(C)(C)C(C)(C)CC. The maximum atomic E-state index is 12.1. The van der Waals surface area contributed by atoms with E-state index in [1.807, 2.05) is 27.7 Å². The number of carbonyl (C=O) groups is 3. The van der Waals surface area contributed by atoms with Crippen molar-refractivity contribution in [3.05, 3.63) is 24.3 Å². The monoisotopic (exact) mass is 602 g/mol. The Bertz CT molecular complexity index is 846. The largest absolute Gasteiger partial charge is 0.512 e. The molecule has 0 rings (SSSR count). The van der Waals surface area contributed by atoms with Crippen LogP contribution in [-0.4, -0.2) is 43.3 Å². The van der Waals surface area contributed by atoms with Gasteiger partial charge in [-0.1, -0.05) is 94.2 Å². The molecule has 0 aliphatic carbocycles. The molecule has 4 unspecified atom stereocenters. The van der Waals surface area contributed by atoms with E-state index in [4.69, 9.17) is 38.5 Å². The van der Waals surface area contributed by atoms with Crippen molar-refractivity contribution in [2.75, 3.05) is 0 Å². The van der Waals surface area contributed by atoms with Gasteiger partial charge >= 0.3 is 18.1 Å². The standard InChI is InChI=1S/C31H54O11/c1-15-28(7,8)30(11,12)19-17-25(32)41-39-23(5)35-21(3)37-27(34)38-22(4)36-24(6)40-42-26(33)18-20-31(13,14)29(9,10)16-2/h17-24H,15-16H2,1-14H3/b19-17+,20-18+. The van der Waals surface area contributed by atoms with Gasteiger partial charge < -0.3 is 18.9 Å². The Morgan fingerprint density at radius 2 is 0.881 bits per heavy atom. The molecule has 0 aliphatic rings. The molecule has 0 spiro atoms. The molecule has 11 heteroatoms. The Balaban J connectivity index is 4.48. The molecule has 0 amide bonds. The Kier molecular flexibility index (Phi) is 16.0.